The first-order chi connectivity index (χ1) is 8.11. The summed E-state index contributed by atoms with van der Waals surface area (Å²) in [5.74, 6) is 0.666. The summed E-state index contributed by atoms with van der Waals surface area (Å²) in [6, 6.07) is 0. The van der Waals surface area contributed by atoms with Gasteiger partial charge in [-0.2, -0.15) is 0 Å². The van der Waals surface area contributed by atoms with Crippen LogP contribution in [0.5, 0.6) is 0 Å². The number of nitrogens with zero attached hydrogens (tertiary/aromatic N) is 1. The van der Waals surface area contributed by atoms with Gasteiger partial charge in [0.05, 0.1) is 0 Å². The first-order valence-electron chi connectivity index (χ1n) is 7.14. The van der Waals surface area contributed by atoms with Crippen LogP contribution in [-0.4, -0.2) is 29.6 Å². The van der Waals surface area contributed by atoms with Crippen LogP contribution in [0.25, 0.3) is 0 Å². The van der Waals surface area contributed by atoms with Gasteiger partial charge in [0, 0.05) is 19.6 Å². The molecule has 0 atom stereocenters. The number of likely N-dealkylation sites (tertiary alicyclic amines) is 1. The van der Waals surface area contributed by atoms with Crippen molar-refractivity contribution in [2.45, 2.75) is 52.4 Å². The van der Waals surface area contributed by atoms with Crippen LogP contribution in [0.15, 0.2) is 0 Å². The minimum absolute atomic E-state index is 0.613. The van der Waals surface area contributed by atoms with Crippen LogP contribution < -0.4 is 5.32 Å². The molecule has 2 aliphatic rings. The minimum atomic E-state index is 0.613. The molecule has 2 nitrogen and oxygen atoms in total. The standard InChI is InChI=1S/C14H26N2S/c1-12(2)10-15-13(17)16-9-8-14(11-16)6-4-3-5-7-14/h12H,3-11H2,1-2H3,(H,15,17). The van der Waals surface area contributed by atoms with E-state index in [4.69, 9.17) is 12.2 Å². The molecule has 1 aliphatic heterocycles. The van der Waals surface area contributed by atoms with E-state index in [1.54, 1.807) is 0 Å². The van der Waals surface area contributed by atoms with E-state index in [1.165, 1.54) is 51.6 Å². The molecule has 17 heavy (non-hydrogen) atoms. The van der Waals surface area contributed by atoms with Crippen molar-refractivity contribution in [3.8, 4) is 0 Å². The Balaban J connectivity index is 1.82. The number of nitrogens with one attached hydrogen (secondary N) is 1. The smallest absolute Gasteiger partial charge is 0.168 e. The molecule has 1 saturated carbocycles. The number of hydrogen-bond acceptors (Lipinski definition) is 1. The first-order valence-corrected chi connectivity index (χ1v) is 7.55. The SMILES string of the molecule is CC(C)CNC(=S)N1CCC2(CCCCC2)C1. The molecule has 0 aromatic rings. The molecular weight excluding hydrogens is 228 g/mol. The van der Waals surface area contributed by atoms with Crippen LogP contribution in [-0.2, 0) is 0 Å². The fourth-order valence-corrected chi connectivity index (χ4v) is 3.46. The van der Waals surface area contributed by atoms with Gasteiger partial charge in [0.2, 0.25) is 0 Å². The largest absolute Gasteiger partial charge is 0.362 e. The molecule has 1 saturated heterocycles. The van der Waals surface area contributed by atoms with Crippen molar-refractivity contribution in [1.82, 2.24) is 10.2 Å². The normalized spacial score (nSPS) is 23.4. The molecule has 3 heteroatoms. The van der Waals surface area contributed by atoms with E-state index >= 15 is 0 Å². The van der Waals surface area contributed by atoms with Gasteiger partial charge < -0.3 is 10.2 Å². The molecule has 2 rings (SSSR count). The zero-order chi connectivity index (χ0) is 12.3. The third kappa shape index (κ3) is 3.34. The number of hydrogen-bond donors (Lipinski definition) is 1. The number of thiocarbonyl (C=S) groups is 1. The van der Waals surface area contributed by atoms with E-state index in [-0.39, 0.29) is 0 Å². The third-order valence-electron chi connectivity index (χ3n) is 4.30. The van der Waals surface area contributed by atoms with Crippen molar-refractivity contribution in [3.05, 3.63) is 0 Å². The highest BCUT2D eigenvalue weighted by Gasteiger charge is 2.39. The second kappa shape index (κ2) is 5.55. The van der Waals surface area contributed by atoms with E-state index in [2.05, 4.69) is 24.1 Å². The zero-order valence-electron chi connectivity index (χ0n) is 11.3. The van der Waals surface area contributed by atoms with Gasteiger partial charge in [-0.1, -0.05) is 33.1 Å². The predicted octanol–water partition coefficient (Wildman–Crippen LogP) is 3.17. The summed E-state index contributed by atoms with van der Waals surface area (Å²) in [6.45, 7) is 7.83. The molecule has 1 N–H and O–H groups in total. The molecule has 0 amide bonds. The minimum Gasteiger partial charge on any atom is -0.362 e. The van der Waals surface area contributed by atoms with Crippen LogP contribution >= 0.6 is 12.2 Å². The molecule has 0 unspecified atom stereocenters. The summed E-state index contributed by atoms with van der Waals surface area (Å²) in [4.78, 5) is 2.41. The molecule has 0 aromatic carbocycles. The summed E-state index contributed by atoms with van der Waals surface area (Å²) in [5, 5.41) is 4.39. The van der Waals surface area contributed by atoms with Crippen LogP contribution in [0.1, 0.15) is 52.4 Å². The van der Waals surface area contributed by atoms with Gasteiger partial charge in [0.15, 0.2) is 5.11 Å². The molecule has 2 fully saturated rings. The van der Waals surface area contributed by atoms with E-state index in [0.717, 1.165) is 11.7 Å². The summed E-state index contributed by atoms with van der Waals surface area (Å²) < 4.78 is 0. The van der Waals surface area contributed by atoms with E-state index in [0.29, 0.717) is 11.3 Å². The average molecular weight is 254 g/mol. The van der Waals surface area contributed by atoms with Gasteiger partial charge in [-0.15, -0.1) is 0 Å². The van der Waals surface area contributed by atoms with Gasteiger partial charge in [0.1, 0.15) is 0 Å². The Kier molecular flexibility index (Phi) is 4.29. The second-order valence-electron chi connectivity index (χ2n) is 6.31. The van der Waals surface area contributed by atoms with Crippen molar-refractivity contribution in [2.24, 2.45) is 11.3 Å². The highest BCUT2D eigenvalue weighted by Crippen LogP contribution is 2.43. The van der Waals surface area contributed by atoms with Crippen LogP contribution in [0, 0.1) is 11.3 Å². The van der Waals surface area contributed by atoms with Gasteiger partial charge in [-0.05, 0) is 42.8 Å². The highest BCUT2D eigenvalue weighted by molar-refractivity contribution is 7.80. The van der Waals surface area contributed by atoms with Crippen LogP contribution in [0.2, 0.25) is 0 Å². The summed E-state index contributed by atoms with van der Waals surface area (Å²) in [7, 11) is 0. The van der Waals surface area contributed by atoms with Gasteiger partial charge in [-0.25, -0.2) is 0 Å². The maximum Gasteiger partial charge on any atom is 0.168 e. The molecule has 0 radical (unpaired) electrons. The van der Waals surface area contributed by atoms with Gasteiger partial charge >= 0.3 is 0 Å². The van der Waals surface area contributed by atoms with Gasteiger partial charge in [-0.3, -0.25) is 0 Å². The van der Waals surface area contributed by atoms with Crippen molar-refractivity contribution in [1.29, 1.82) is 0 Å². The quantitative estimate of drug-likeness (QED) is 0.762. The summed E-state index contributed by atoms with van der Waals surface area (Å²) in [5.41, 5.74) is 0.613. The maximum absolute atomic E-state index is 5.50. The highest BCUT2D eigenvalue weighted by atomic mass is 32.1. The summed E-state index contributed by atoms with van der Waals surface area (Å²) in [6.07, 6.45) is 8.51. The monoisotopic (exact) mass is 254 g/mol. The Bertz CT molecular complexity index is 269. The number of rotatable bonds is 2. The fraction of sp³-hybridized carbons (Fsp3) is 0.929. The lowest BCUT2D eigenvalue weighted by Crippen LogP contribution is -2.41. The lowest BCUT2D eigenvalue weighted by atomic mass is 9.74. The first kappa shape index (κ1) is 13.1. The maximum atomic E-state index is 5.50. The molecular formula is C14H26N2S. The fourth-order valence-electron chi connectivity index (χ4n) is 3.22. The van der Waals surface area contributed by atoms with E-state index in [9.17, 15) is 0 Å². The van der Waals surface area contributed by atoms with Crippen molar-refractivity contribution in [3.63, 3.8) is 0 Å². The molecule has 1 aliphatic carbocycles. The topological polar surface area (TPSA) is 15.3 Å². The second-order valence-corrected chi connectivity index (χ2v) is 6.70. The van der Waals surface area contributed by atoms with Gasteiger partial charge in [0.25, 0.3) is 0 Å². The zero-order valence-corrected chi connectivity index (χ0v) is 12.1. The third-order valence-corrected chi connectivity index (χ3v) is 4.70. The Morgan fingerprint density at radius 1 is 1.24 bits per heavy atom. The Morgan fingerprint density at radius 3 is 2.59 bits per heavy atom. The predicted molar refractivity (Wildman–Crippen MR) is 77.1 cm³/mol. The van der Waals surface area contributed by atoms with Crippen LogP contribution in [0.3, 0.4) is 0 Å². The molecule has 1 spiro atoms. The molecule has 98 valence electrons. The van der Waals surface area contributed by atoms with E-state index < -0.39 is 0 Å². The lowest BCUT2D eigenvalue weighted by molar-refractivity contribution is 0.204. The van der Waals surface area contributed by atoms with Crippen molar-refractivity contribution < 1.29 is 0 Å². The van der Waals surface area contributed by atoms with Crippen molar-refractivity contribution in [2.75, 3.05) is 19.6 Å². The molecule has 0 bridgehead atoms. The molecule has 1 heterocycles. The Labute approximate surface area is 111 Å². The Hall–Kier alpha value is -0.310. The Morgan fingerprint density at radius 2 is 1.94 bits per heavy atom. The van der Waals surface area contributed by atoms with Crippen molar-refractivity contribution >= 4 is 17.3 Å². The average Bonchev–Trinajstić information content (AvgIpc) is 2.71. The lowest BCUT2D eigenvalue weighted by Gasteiger charge is -2.33. The molecule has 0 aromatic heterocycles. The van der Waals surface area contributed by atoms with E-state index in [1.807, 2.05) is 0 Å². The summed E-state index contributed by atoms with van der Waals surface area (Å²) >= 11 is 5.50. The van der Waals surface area contributed by atoms with Crippen LogP contribution in [0.4, 0.5) is 0 Å².